The van der Waals surface area contributed by atoms with Gasteiger partial charge in [0.1, 0.15) is 5.75 Å². The minimum Gasteiger partial charge on any atom is -0.497 e. The van der Waals surface area contributed by atoms with Crippen LogP contribution in [0.4, 0.5) is 0 Å². The Bertz CT molecular complexity index is 954. The average Bonchev–Trinajstić information content (AvgIpc) is 3.38. The van der Waals surface area contributed by atoms with E-state index in [1.807, 2.05) is 24.3 Å². The maximum absolute atomic E-state index is 12.5. The number of nitrogens with one attached hydrogen (secondary N) is 2. The van der Waals surface area contributed by atoms with Crippen molar-refractivity contribution >= 4 is 0 Å². The van der Waals surface area contributed by atoms with Crippen LogP contribution in [0, 0.1) is 0 Å². The second-order valence-corrected chi connectivity index (χ2v) is 6.40. The summed E-state index contributed by atoms with van der Waals surface area (Å²) in [4.78, 5) is 19.5. The SMILES string of the molecule is COc1cccc(-c2ccc(=O)n(C3COCC3NCc3cnc[nH]3)n2)c1. The third-order valence-corrected chi connectivity index (χ3v) is 4.66. The van der Waals surface area contributed by atoms with Crippen LogP contribution < -0.4 is 15.6 Å². The van der Waals surface area contributed by atoms with Crippen molar-refractivity contribution in [1.82, 2.24) is 25.1 Å². The molecule has 0 amide bonds. The molecule has 0 radical (unpaired) electrons. The van der Waals surface area contributed by atoms with Crippen molar-refractivity contribution in [3.63, 3.8) is 0 Å². The highest BCUT2D eigenvalue weighted by molar-refractivity contribution is 5.60. The third-order valence-electron chi connectivity index (χ3n) is 4.66. The van der Waals surface area contributed by atoms with Gasteiger partial charge in [-0.3, -0.25) is 4.79 Å². The molecule has 4 rings (SSSR count). The summed E-state index contributed by atoms with van der Waals surface area (Å²) in [5.41, 5.74) is 2.44. The van der Waals surface area contributed by atoms with Gasteiger partial charge in [-0.2, -0.15) is 5.10 Å². The van der Waals surface area contributed by atoms with Gasteiger partial charge in [-0.05, 0) is 18.2 Å². The molecule has 1 saturated heterocycles. The van der Waals surface area contributed by atoms with Crippen LogP contribution in [0.1, 0.15) is 11.7 Å². The fourth-order valence-electron chi connectivity index (χ4n) is 3.20. The van der Waals surface area contributed by atoms with Crippen LogP contribution in [0.15, 0.2) is 53.7 Å². The Morgan fingerprint density at radius 3 is 3.07 bits per heavy atom. The zero-order valence-corrected chi connectivity index (χ0v) is 15.0. The molecule has 2 unspecified atom stereocenters. The number of aromatic nitrogens is 4. The number of aromatic amines is 1. The number of ether oxygens (including phenoxy) is 2. The van der Waals surface area contributed by atoms with E-state index in [1.54, 1.807) is 31.8 Å². The van der Waals surface area contributed by atoms with E-state index in [0.29, 0.717) is 25.5 Å². The molecule has 1 aliphatic heterocycles. The quantitative estimate of drug-likeness (QED) is 0.683. The molecule has 0 bridgehead atoms. The summed E-state index contributed by atoms with van der Waals surface area (Å²) in [5, 5.41) is 8.02. The number of H-pyrrole nitrogens is 1. The van der Waals surface area contributed by atoms with E-state index in [9.17, 15) is 4.79 Å². The molecule has 140 valence electrons. The molecule has 1 aromatic carbocycles. The highest BCUT2D eigenvalue weighted by Gasteiger charge is 2.31. The molecule has 3 aromatic rings. The first-order chi connectivity index (χ1) is 13.2. The van der Waals surface area contributed by atoms with Crippen LogP contribution in [0.3, 0.4) is 0 Å². The number of hydrogen-bond donors (Lipinski definition) is 2. The minimum absolute atomic E-state index is 0.0148. The molecule has 2 atom stereocenters. The summed E-state index contributed by atoms with van der Waals surface area (Å²) in [6, 6.07) is 10.7. The monoisotopic (exact) mass is 367 g/mol. The van der Waals surface area contributed by atoms with Crippen molar-refractivity contribution in [2.24, 2.45) is 0 Å². The largest absolute Gasteiger partial charge is 0.497 e. The lowest BCUT2D eigenvalue weighted by Crippen LogP contribution is -2.41. The molecular weight excluding hydrogens is 346 g/mol. The summed E-state index contributed by atoms with van der Waals surface area (Å²) in [6.07, 6.45) is 3.41. The third kappa shape index (κ3) is 3.76. The molecule has 1 aliphatic rings. The summed E-state index contributed by atoms with van der Waals surface area (Å²) in [5.74, 6) is 0.746. The molecule has 1 fully saturated rings. The summed E-state index contributed by atoms with van der Waals surface area (Å²) in [6.45, 7) is 1.58. The van der Waals surface area contributed by atoms with Crippen LogP contribution in [-0.4, -0.2) is 46.1 Å². The number of benzene rings is 1. The van der Waals surface area contributed by atoms with Crippen molar-refractivity contribution in [3.05, 3.63) is 65.0 Å². The van der Waals surface area contributed by atoms with Gasteiger partial charge in [0.2, 0.25) is 0 Å². The zero-order valence-electron chi connectivity index (χ0n) is 15.0. The first-order valence-corrected chi connectivity index (χ1v) is 8.77. The van der Waals surface area contributed by atoms with E-state index in [1.165, 1.54) is 4.68 Å². The summed E-state index contributed by atoms with van der Waals surface area (Å²) < 4.78 is 12.4. The molecule has 2 N–H and O–H groups in total. The molecule has 27 heavy (non-hydrogen) atoms. The van der Waals surface area contributed by atoms with Crippen LogP contribution in [0.5, 0.6) is 5.75 Å². The first kappa shape index (κ1) is 17.4. The van der Waals surface area contributed by atoms with Crippen molar-refractivity contribution in [2.75, 3.05) is 20.3 Å². The van der Waals surface area contributed by atoms with Crippen LogP contribution in [0.25, 0.3) is 11.3 Å². The van der Waals surface area contributed by atoms with Crippen molar-refractivity contribution < 1.29 is 9.47 Å². The van der Waals surface area contributed by atoms with Gasteiger partial charge in [0, 0.05) is 30.1 Å². The first-order valence-electron chi connectivity index (χ1n) is 8.77. The van der Waals surface area contributed by atoms with Gasteiger partial charge in [0.15, 0.2) is 0 Å². The standard InChI is InChI=1S/C19H21N5O3/c1-26-15-4-2-3-13(7-15)16-5-6-19(25)24(23-16)18-11-27-10-17(18)21-9-14-8-20-12-22-14/h2-8,12,17-18,21H,9-11H2,1H3,(H,20,22). The van der Waals surface area contributed by atoms with Crippen LogP contribution >= 0.6 is 0 Å². The van der Waals surface area contributed by atoms with E-state index < -0.39 is 0 Å². The molecule has 8 heteroatoms. The van der Waals surface area contributed by atoms with Crippen molar-refractivity contribution in [1.29, 1.82) is 0 Å². The predicted octanol–water partition coefficient (Wildman–Crippen LogP) is 1.37. The topological polar surface area (TPSA) is 94.1 Å². The Morgan fingerprint density at radius 2 is 2.26 bits per heavy atom. The Labute approximate surface area is 156 Å². The lowest BCUT2D eigenvalue weighted by Gasteiger charge is -2.20. The van der Waals surface area contributed by atoms with Gasteiger partial charge >= 0.3 is 0 Å². The normalized spacial score (nSPS) is 19.3. The Kier molecular flexibility index (Phi) is 4.99. The Hall–Kier alpha value is -2.97. The van der Waals surface area contributed by atoms with Crippen LogP contribution in [-0.2, 0) is 11.3 Å². The Morgan fingerprint density at radius 1 is 1.33 bits per heavy atom. The van der Waals surface area contributed by atoms with E-state index in [-0.39, 0.29) is 17.6 Å². The van der Waals surface area contributed by atoms with Gasteiger partial charge in [0.25, 0.3) is 5.56 Å². The second kappa shape index (κ2) is 7.73. The zero-order chi connectivity index (χ0) is 18.6. The van der Waals surface area contributed by atoms with E-state index in [0.717, 1.165) is 17.0 Å². The van der Waals surface area contributed by atoms with Gasteiger partial charge in [-0.1, -0.05) is 12.1 Å². The van der Waals surface area contributed by atoms with Gasteiger partial charge in [-0.25, -0.2) is 9.67 Å². The van der Waals surface area contributed by atoms with Gasteiger partial charge in [0.05, 0.1) is 44.4 Å². The van der Waals surface area contributed by atoms with Crippen molar-refractivity contribution in [2.45, 2.75) is 18.6 Å². The number of rotatable bonds is 6. The second-order valence-electron chi connectivity index (χ2n) is 6.40. The number of methoxy groups -OCH3 is 1. The minimum atomic E-state index is -0.175. The molecule has 0 aliphatic carbocycles. The average molecular weight is 367 g/mol. The fourth-order valence-corrected chi connectivity index (χ4v) is 3.20. The highest BCUT2D eigenvalue weighted by atomic mass is 16.5. The van der Waals surface area contributed by atoms with Crippen LogP contribution in [0.2, 0.25) is 0 Å². The lowest BCUT2D eigenvalue weighted by atomic mass is 10.1. The molecule has 8 nitrogen and oxygen atoms in total. The smallest absolute Gasteiger partial charge is 0.267 e. The van der Waals surface area contributed by atoms with Gasteiger partial charge in [-0.15, -0.1) is 0 Å². The highest BCUT2D eigenvalue weighted by Crippen LogP contribution is 2.23. The summed E-state index contributed by atoms with van der Waals surface area (Å²) in [7, 11) is 1.62. The fraction of sp³-hybridized carbons (Fsp3) is 0.316. The van der Waals surface area contributed by atoms with E-state index >= 15 is 0 Å². The molecule has 0 spiro atoms. The van der Waals surface area contributed by atoms with Gasteiger partial charge < -0.3 is 19.8 Å². The maximum Gasteiger partial charge on any atom is 0.267 e. The number of hydrogen-bond acceptors (Lipinski definition) is 6. The molecular formula is C19H21N5O3. The molecule has 2 aromatic heterocycles. The van der Waals surface area contributed by atoms with E-state index in [2.05, 4.69) is 20.4 Å². The van der Waals surface area contributed by atoms with Crippen molar-refractivity contribution in [3.8, 4) is 17.0 Å². The lowest BCUT2D eigenvalue weighted by molar-refractivity contribution is 0.181. The maximum atomic E-state index is 12.5. The molecule has 3 heterocycles. The number of nitrogens with zero attached hydrogens (tertiary/aromatic N) is 3. The predicted molar refractivity (Wildman–Crippen MR) is 99.6 cm³/mol. The Balaban J connectivity index is 1.59. The molecule has 0 saturated carbocycles. The summed E-state index contributed by atoms with van der Waals surface area (Å²) >= 11 is 0. The number of imidazole rings is 1. The van der Waals surface area contributed by atoms with E-state index in [4.69, 9.17) is 9.47 Å².